The molecule has 0 radical (unpaired) electrons. The lowest BCUT2D eigenvalue weighted by molar-refractivity contribution is -0.138. The number of carbonyl (C=O) groups is 3. The number of Topliss-reactive ketones (excluding diaryl/α,β-unsaturated/α-hetero) is 1. The number of halogens is 2. The van der Waals surface area contributed by atoms with Crippen LogP contribution in [0.15, 0.2) is 53.6 Å². The van der Waals surface area contributed by atoms with Gasteiger partial charge in [-0.1, -0.05) is 41.4 Å². The van der Waals surface area contributed by atoms with Crippen LogP contribution in [0.5, 0.6) is 0 Å². The van der Waals surface area contributed by atoms with Crippen molar-refractivity contribution in [2.45, 2.75) is 0 Å². The summed E-state index contributed by atoms with van der Waals surface area (Å²) in [5, 5.41) is 7.79. The van der Waals surface area contributed by atoms with Crippen molar-refractivity contribution in [1.29, 1.82) is 0 Å². The highest BCUT2D eigenvalue weighted by Gasteiger charge is 2.43. The Bertz CT molecular complexity index is 931. The molecule has 3 rings (SSSR count). The molecule has 3 N–H and O–H groups in total. The van der Waals surface area contributed by atoms with E-state index in [1.165, 1.54) is 18.2 Å². The molecule has 0 spiro atoms. The summed E-state index contributed by atoms with van der Waals surface area (Å²) in [5.41, 5.74) is 6.43. The molecule has 0 unspecified atom stereocenters. The van der Waals surface area contributed by atoms with Gasteiger partial charge in [-0.25, -0.2) is 0 Å². The molecule has 0 aromatic heterocycles. The minimum absolute atomic E-state index is 0.213. The molecule has 132 valence electrons. The van der Waals surface area contributed by atoms with E-state index in [-0.39, 0.29) is 16.5 Å². The number of nitrogens with one attached hydrogen (secondary N) is 1. The predicted molar refractivity (Wildman–Crippen MR) is 99.1 cm³/mol. The van der Waals surface area contributed by atoms with Gasteiger partial charge in [-0.05, 0) is 30.3 Å². The van der Waals surface area contributed by atoms with Gasteiger partial charge in [0.25, 0.3) is 11.8 Å². The summed E-state index contributed by atoms with van der Waals surface area (Å²) < 4.78 is 0. The van der Waals surface area contributed by atoms with Gasteiger partial charge in [0.1, 0.15) is 5.84 Å². The van der Waals surface area contributed by atoms with Crippen LogP contribution >= 0.6 is 23.2 Å². The van der Waals surface area contributed by atoms with E-state index in [9.17, 15) is 14.4 Å². The number of carbonyl (C=O) groups excluding carboxylic acids is 3. The molecule has 9 heteroatoms. The molecule has 0 bridgehead atoms. The number of amides is 2. The Morgan fingerprint density at radius 1 is 1.08 bits per heavy atom. The third-order valence-corrected chi connectivity index (χ3v) is 4.37. The van der Waals surface area contributed by atoms with Crippen molar-refractivity contribution >= 4 is 58.0 Å². The van der Waals surface area contributed by atoms with Gasteiger partial charge in [0.15, 0.2) is 5.92 Å². The Morgan fingerprint density at radius 2 is 1.77 bits per heavy atom. The lowest BCUT2D eigenvalue weighted by Gasteiger charge is -2.13. The minimum Gasteiger partial charge on any atom is -0.385 e. The SMILES string of the molecule is NC1=NN(c2ccccc2)C(=O)[C@@H]1C(=O)C(=O)Nc1ccc(Cl)c(Cl)c1. The van der Waals surface area contributed by atoms with E-state index in [0.717, 1.165) is 5.01 Å². The summed E-state index contributed by atoms with van der Waals surface area (Å²) >= 11 is 11.7. The highest BCUT2D eigenvalue weighted by Crippen LogP contribution is 2.26. The smallest absolute Gasteiger partial charge is 0.293 e. The van der Waals surface area contributed by atoms with E-state index in [1.807, 2.05) is 0 Å². The van der Waals surface area contributed by atoms with Gasteiger partial charge in [0.05, 0.1) is 15.7 Å². The Labute approximate surface area is 158 Å². The standard InChI is InChI=1S/C17H12Cl2N4O3/c18-11-7-6-9(8-12(11)19)21-16(25)14(24)13-15(20)22-23(17(13)26)10-4-2-1-3-5-10/h1-8,13H,(H2,20,22)(H,21,25)/t13-/m1/s1. The molecular weight excluding hydrogens is 379 g/mol. The number of nitrogens with two attached hydrogens (primary N) is 1. The molecule has 7 nitrogen and oxygen atoms in total. The second-order valence-electron chi connectivity index (χ2n) is 5.39. The number of para-hydroxylation sites is 1. The van der Waals surface area contributed by atoms with Crippen LogP contribution in [0.2, 0.25) is 10.0 Å². The Hall–Kier alpha value is -2.90. The number of anilines is 2. The molecule has 2 aromatic rings. The number of nitrogens with zero attached hydrogens (tertiary/aromatic N) is 2. The molecule has 1 aliphatic rings. The van der Waals surface area contributed by atoms with Crippen LogP contribution in [0.1, 0.15) is 0 Å². The zero-order valence-corrected chi connectivity index (χ0v) is 14.7. The number of hydrazone groups is 1. The first-order valence-corrected chi connectivity index (χ1v) is 8.17. The van der Waals surface area contributed by atoms with Gasteiger partial charge in [-0.3, -0.25) is 14.4 Å². The van der Waals surface area contributed by atoms with Gasteiger partial charge in [0, 0.05) is 5.69 Å². The average molecular weight is 391 g/mol. The first-order chi connectivity index (χ1) is 12.4. The van der Waals surface area contributed by atoms with Crippen LogP contribution in [0.4, 0.5) is 11.4 Å². The van der Waals surface area contributed by atoms with Gasteiger partial charge >= 0.3 is 0 Å². The normalized spacial score (nSPS) is 16.4. The zero-order valence-electron chi connectivity index (χ0n) is 13.1. The first kappa shape index (κ1) is 17.9. The number of benzene rings is 2. The molecule has 0 fully saturated rings. The third kappa shape index (κ3) is 3.40. The lowest BCUT2D eigenvalue weighted by Crippen LogP contribution is -2.41. The maximum Gasteiger partial charge on any atom is 0.293 e. The molecule has 26 heavy (non-hydrogen) atoms. The first-order valence-electron chi connectivity index (χ1n) is 7.41. The maximum atomic E-state index is 12.5. The van der Waals surface area contributed by atoms with Crippen LogP contribution in [-0.2, 0) is 14.4 Å². The average Bonchev–Trinajstić information content (AvgIpc) is 2.92. The second-order valence-corrected chi connectivity index (χ2v) is 6.21. The quantitative estimate of drug-likeness (QED) is 0.617. The van der Waals surface area contributed by atoms with Crippen molar-refractivity contribution in [1.82, 2.24) is 0 Å². The van der Waals surface area contributed by atoms with Crippen LogP contribution in [0, 0.1) is 5.92 Å². The van der Waals surface area contributed by atoms with E-state index in [1.54, 1.807) is 30.3 Å². The van der Waals surface area contributed by atoms with Crippen molar-refractivity contribution in [2.75, 3.05) is 10.3 Å². The summed E-state index contributed by atoms with van der Waals surface area (Å²) in [6.07, 6.45) is 0. The van der Waals surface area contributed by atoms with Crippen LogP contribution in [0.3, 0.4) is 0 Å². The Morgan fingerprint density at radius 3 is 2.42 bits per heavy atom. The van der Waals surface area contributed by atoms with Crippen LogP contribution in [-0.4, -0.2) is 23.4 Å². The predicted octanol–water partition coefficient (Wildman–Crippen LogP) is 2.44. The van der Waals surface area contributed by atoms with Crippen LogP contribution in [0.25, 0.3) is 0 Å². The van der Waals surface area contributed by atoms with E-state index in [2.05, 4.69) is 10.4 Å². The molecule has 0 aliphatic carbocycles. The van der Waals surface area contributed by atoms with Crippen LogP contribution < -0.4 is 16.1 Å². The van der Waals surface area contributed by atoms with Crippen molar-refractivity contribution in [3.63, 3.8) is 0 Å². The summed E-state index contributed by atoms with van der Waals surface area (Å²) in [6, 6.07) is 12.8. The van der Waals surface area contributed by atoms with E-state index < -0.39 is 23.5 Å². The fourth-order valence-electron chi connectivity index (χ4n) is 2.37. The minimum atomic E-state index is -1.47. The molecule has 0 saturated carbocycles. The fraction of sp³-hybridized carbons (Fsp3) is 0.0588. The Kier molecular flexibility index (Phi) is 4.92. The summed E-state index contributed by atoms with van der Waals surface area (Å²) in [7, 11) is 0. The third-order valence-electron chi connectivity index (χ3n) is 3.63. The molecule has 1 aliphatic heterocycles. The molecule has 2 aromatic carbocycles. The maximum absolute atomic E-state index is 12.5. The van der Waals surface area contributed by atoms with E-state index in [4.69, 9.17) is 28.9 Å². The summed E-state index contributed by atoms with van der Waals surface area (Å²) in [5.74, 6) is -4.43. The zero-order chi connectivity index (χ0) is 18.8. The molecule has 2 amide bonds. The van der Waals surface area contributed by atoms with Gasteiger partial charge in [0.2, 0.25) is 5.78 Å². The van der Waals surface area contributed by atoms with E-state index in [0.29, 0.717) is 10.7 Å². The highest BCUT2D eigenvalue weighted by atomic mass is 35.5. The number of hydrogen-bond acceptors (Lipinski definition) is 5. The van der Waals surface area contributed by atoms with Crippen molar-refractivity contribution in [2.24, 2.45) is 16.8 Å². The lowest BCUT2D eigenvalue weighted by atomic mass is 10.0. The van der Waals surface area contributed by atoms with Crippen molar-refractivity contribution < 1.29 is 14.4 Å². The highest BCUT2D eigenvalue weighted by molar-refractivity contribution is 6.50. The van der Waals surface area contributed by atoms with E-state index >= 15 is 0 Å². The number of ketones is 1. The fourth-order valence-corrected chi connectivity index (χ4v) is 2.67. The monoisotopic (exact) mass is 390 g/mol. The van der Waals surface area contributed by atoms with Gasteiger partial charge < -0.3 is 11.1 Å². The molecule has 0 saturated heterocycles. The topological polar surface area (TPSA) is 105 Å². The molecular formula is C17H12Cl2N4O3. The van der Waals surface area contributed by atoms with Crippen molar-refractivity contribution in [3.05, 3.63) is 58.6 Å². The number of rotatable bonds is 4. The number of amidine groups is 1. The summed E-state index contributed by atoms with van der Waals surface area (Å²) in [6.45, 7) is 0. The summed E-state index contributed by atoms with van der Waals surface area (Å²) in [4.78, 5) is 37.1. The number of hydrogen-bond donors (Lipinski definition) is 2. The van der Waals surface area contributed by atoms with Gasteiger partial charge in [-0.15, -0.1) is 0 Å². The second kappa shape index (κ2) is 7.15. The Balaban J connectivity index is 1.77. The van der Waals surface area contributed by atoms with Gasteiger partial charge in [-0.2, -0.15) is 10.1 Å². The van der Waals surface area contributed by atoms with Crippen molar-refractivity contribution in [3.8, 4) is 0 Å². The largest absolute Gasteiger partial charge is 0.385 e. The molecule has 1 heterocycles. The molecule has 1 atom stereocenters.